The molecule has 0 radical (unpaired) electrons. The third kappa shape index (κ3) is 5.86. The quantitative estimate of drug-likeness (QED) is 0.509. The van der Waals surface area contributed by atoms with Crippen molar-refractivity contribution in [2.75, 3.05) is 13.7 Å². The van der Waals surface area contributed by atoms with Gasteiger partial charge in [0.2, 0.25) is 5.91 Å². The molecule has 1 amide bonds. The van der Waals surface area contributed by atoms with Crippen molar-refractivity contribution in [2.45, 2.75) is 45.1 Å². The van der Waals surface area contributed by atoms with Crippen LogP contribution in [0.4, 0.5) is 0 Å². The zero-order valence-corrected chi connectivity index (χ0v) is 17.1. The van der Waals surface area contributed by atoms with E-state index in [2.05, 4.69) is 20.7 Å². The zero-order valence-electron chi connectivity index (χ0n) is 17.1. The van der Waals surface area contributed by atoms with E-state index in [0.717, 1.165) is 11.3 Å². The average Bonchev–Trinajstić information content (AvgIpc) is 3.20. The molecule has 3 atom stereocenters. The monoisotopic (exact) mass is 415 g/mol. The summed E-state index contributed by atoms with van der Waals surface area (Å²) in [4.78, 5) is 24.6. The highest BCUT2D eigenvalue weighted by molar-refractivity contribution is 5.78. The third-order valence-electron chi connectivity index (χ3n) is 4.51. The van der Waals surface area contributed by atoms with Crippen LogP contribution in [0.1, 0.15) is 43.9 Å². The molecular formula is C20H25N5O5. The fourth-order valence-electron chi connectivity index (χ4n) is 2.95. The molecule has 1 N–H and O–H groups in total. The Labute approximate surface area is 174 Å². The van der Waals surface area contributed by atoms with Crippen LogP contribution in [0.2, 0.25) is 0 Å². The minimum atomic E-state index is -0.474. The van der Waals surface area contributed by atoms with Crippen molar-refractivity contribution in [3.05, 3.63) is 47.8 Å². The number of methoxy groups -OCH3 is 1. The predicted octanol–water partition coefficient (Wildman–Crippen LogP) is 1.51. The summed E-state index contributed by atoms with van der Waals surface area (Å²) in [6.07, 6.45) is 3.43. The molecule has 10 heteroatoms. The standard InChI is InChI=1S/C20H25N5O5/c1-13(15-7-9-16(28-3)10-8-15)21-19(27)11-18-22-24-25(23-18)20-6-4-5-17(30-20)12-29-14(2)26/h4-5,7-10,13,17,20H,6,11-12H2,1-3H3,(H,21,27). The average molecular weight is 415 g/mol. The first kappa shape index (κ1) is 21.4. The minimum absolute atomic E-state index is 0.0000693. The normalized spacial score (nSPS) is 19.2. The number of tetrazole rings is 1. The van der Waals surface area contributed by atoms with Crippen LogP contribution in [0.5, 0.6) is 5.75 Å². The number of amides is 1. The van der Waals surface area contributed by atoms with Crippen molar-refractivity contribution in [3.63, 3.8) is 0 Å². The molecular weight excluding hydrogens is 390 g/mol. The van der Waals surface area contributed by atoms with E-state index >= 15 is 0 Å². The maximum atomic E-state index is 12.4. The number of carbonyl (C=O) groups excluding carboxylic acids is 2. The first-order valence-corrected chi connectivity index (χ1v) is 9.61. The minimum Gasteiger partial charge on any atom is -0.497 e. The predicted molar refractivity (Wildman–Crippen MR) is 105 cm³/mol. The largest absolute Gasteiger partial charge is 0.497 e. The molecule has 3 rings (SSSR count). The molecule has 1 aliphatic heterocycles. The highest BCUT2D eigenvalue weighted by atomic mass is 16.6. The molecule has 0 bridgehead atoms. The lowest BCUT2D eigenvalue weighted by molar-refractivity contribution is -0.148. The van der Waals surface area contributed by atoms with E-state index in [-0.39, 0.29) is 37.0 Å². The fourth-order valence-corrected chi connectivity index (χ4v) is 2.95. The summed E-state index contributed by atoms with van der Waals surface area (Å²) >= 11 is 0. The van der Waals surface area contributed by atoms with Gasteiger partial charge < -0.3 is 19.5 Å². The van der Waals surface area contributed by atoms with Gasteiger partial charge in [-0.25, -0.2) is 0 Å². The van der Waals surface area contributed by atoms with Crippen molar-refractivity contribution in [1.29, 1.82) is 0 Å². The van der Waals surface area contributed by atoms with E-state index in [1.807, 2.05) is 43.3 Å². The van der Waals surface area contributed by atoms with Crippen molar-refractivity contribution in [1.82, 2.24) is 25.5 Å². The van der Waals surface area contributed by atoms with E-state index in [0.29, 0.717) is 12.2 Å². The SMILES string of the molecule is COc1ccc(C(C)NC(=O)Cc2nnn(C3CC=CC(COC(C)=O)O3)n2)cc1. The zero-order chi connectivity index (χ0) is 21.5. The molecule has 2 heterocycles. The van der Waals surface area contributed by atoms with Gasteiger partial charge in [0, 0.05) is 13.3 Å². The van der Waals surface area contributed by atoms with Gasteiger partial charge in [-0.05, 0) is 29.8 Å². The first-order valence-electron chi connectivity index (χ1n) is 9.61. The van der Waals surface area contributed by atoms with Gasteiger partial charge in [-0.2, -0.15) is 0 Å². The maximum Gasteiger partial charge on any atom is 0.302 e. The van der Waals surface area contributed by atoms with Gasteiger partial charge in [0.25, 0.3) is 0 Å². The number of benzene rings is 1. The molecule has 0 fully saturated rings. The number of nitrogens with zero attached hydrogens (tertiary/aromatic N) is 4. The summed E-state index contributed by atoms with van der Waals surface area (Å²) in [5, 5.41) is 15.1. The van der Waals surface area contributed by atoms with Crippen molar-refractivity contribution in [3.8, 4) is 5.75 Å². The van der Waals surface area contributed by atoms with Crippen molar-refractivity contribution in [2.24, 2.45) is 0 Å². The van der Waals surface area contributed by atoms with Crippen molar-refractivity contribution < 1.29 is 23.8 Å². The number of aromatic nitrogens is 4. The van der Waals surface area contributed by atoms with Gasteiger partial charge in [0.1, 0.15) is 18.5 Å². The number of hydrogen-bond acceptors (Lipinski definition) is 8. The number of carbonyl (C=O) groups is 2. The Morgan fingerprint density at radius 2 is 2.10 bits per heavy atom. The number of nitrogens with one attached hydrogen (secondary N) is 1. The number of hydrogen-bond donors (Lipinski definition) is 1. The van der Waals surface area contributed by atoms with Crippen LogP contribution in [0.15, 0.2) is 36.4 Å². The van der Waals surface area contributed by atoms with E-state index in [9.17, 15) is 9.59 Å². The second-order valence-corrected chi connectivity index (χ2v) is 6.86. The van der Waals surface area contributed by atoms with Crippen LogP contribution in [0.3, 0.4) is 0 Å². The summed E-state index contributed by atoms with van der Waals surface area (Å²) in [5.74, 6) is 0.470. The number of esters is 1. The van der Waals surface area contributed by atoms with Crippen LogP contribution < -0.4 is 10.1 Å². The van der Waals surface area contributed by atoms with Crippen LogP contribution in [-0.2, 0) is 25.5 Å². The second kappa shape index (κ2) is 9.97. The molecule has 0 aliphatic carbocycles. The Morgan fingerprint density at radius 1 is 1.33 bits per heavy atom. The Hall–Kier alpha value is -3.27. The topological polar surface area (TPSA) is 117 Å². The molecule has 160 valence electrons. The van der Waals surface area contributed by atoms with Gasteiger partial charge in [-0.3, -0.25) is 9.59 Å². The fraction of sp³-hybridized carbons (Fsp3) is 0.450. The van der Waals surface area contributed by atoms with Gasteiger partial charge in [0.05, 0.1) is 19.6 Å². The molecule has 1 aliphatic rings. The summed E-state index contributed by atoms with van der Waals surface area (Å²) in [6.45, 7) is 3.36. The Kier molecular flexibility index (Phi) is 7.12. The molecule has 30 heavy (non-hydrogen) atoms. The smallest absolute Gasteiger partial charge is 0.302 e. The van der Waals surface area contributed by atoms with Crippen LogP contribution in [0, 0.1) is 0 Å². The lowest BCUT2D eigenvalue weighted by Crippen LogP contribution is -2.29. The highest BCUT2D eigenvalue weighted by Crippen LogP contribution is 2.21. The van der Waals surface area contributed by atoms with Crippen LogP contribution >= 0.6 is 0 Å². The molecule has 1 aromatic carbocycles. The molecule has 2 aromatic rings. The van der Waals surface area contributed by atoms with E-state index in [1.165, 1.54) is 11.7 Å². The third-order valence-corrected chi connectivity index (χ3v) is 4.51. The van der Waals surface area contributed by atoms with E-state index in [4.69, 9.17) is 14.2 Å². The number of rotatable bonds is 8. The molecule has 10 nitrogen and oxygen atoms in total. The van der Waals surface area contributed by atoms with Gasteiger partial charge in [-0.15, -0.1) is 15.0 Å². The lowest BCUT2D eigenvalue weighted by Gasteiger charge is -2.24. The van der Waals surface area contributed by atoms with Gasteiger partial charge in [0.15, 0.2) is 12.1 Å². The highest BCUT2D eigenvalue weighted by Gasteiger charge is 2.23. The Morgan fingerprint density at radius 3 is 2.80 bits per heavy atom. The molecule has 0 saturated carbocycles. The summed E-state index contributed by atoms with van der Waals surface area (Å²) in [7, 11) is 1.61. The van der Waals surface area contributed by atoms with E-state index in [1.54, 1.807) is 7.11 Å². The summed E-state index contributed by atoms with van der Waals surface area (Å²) < 4.78 is 15.9. The first-order chi connectivity index (χ1) is 14.4. The molecule has 0 spiro atoms. The summed E-state index contributed by atoms with van der Waals surface area (Å²) in [5.41, 5.74) is 0.960. The lowest BCUT2D eigenvalue weighted by atomic mass is 10.1. The Balaban J connectivity index is 1.52. The van der Waals surface area contributed by atoms with Crippen molar-refractivity contribution >= 4 is 11.9 Å². The van der Waals surface area contributed by atoms with Gasteiger partial charge >= 0.3 is 5.97 Å². The van der Waals surface area contributed by atoms with Gasteiger partial charge in [-0.1, -0.05) is 24.3 Å². The molecule has 0 saturated heterocycles. The molecule has 1 aromatic heterocycles. The van der Waals surface area contributed by atoms with Crippen LogP contribution in [-0.4, -0.2) is 51.9 Å². The summed E-state index contributed by atoms with van der Waals surface area (Å²) in [6, 6.07) is 7.32. The van der Waals surface area contributed by atoms with Crippen LogP contribution in [0.25, 0.3) is 0 Å². The van der Waals surface area contributed by atoms with E-state index < -0.39 is 6.23 Å². The molecule has 3 unspecified atom stereocenters. The maximum absolute atomic E-state index is 12.4. The Bertz CT molecular complexity index is 895. The number of ether oxygens (including phenoxy) is 3. The second-order valence-electron chi connectivity index (χ2n) is 6.86.